The van der Waals surface area contributed by atoms with Crippen molar-refractivity contribution in [2.75, 3.05) is 13.1 Å². The van der Waals surface area contributed by atoms with Crippen LogP contribution in [0, 0.1) is 0 Å². The SMILES string of the molecule is N/N=C\N1CCCC1. The Morgan fingerprint density at radius 2 is 2.00 bits per heavy atom. The van der Waals surface area contributed by atoms with Gasteiger partial charge in [-0.3, -0.25) is 0 Å². The highest BCUT2D eigenvalue weighted by atomic mass is 15.2. The Labute approximate surface area is 49.2 Å². The summed E-state index contributed by atoms with van der Waals surface area (Å²) in [5, 5.41) is 3.42. The predicted octanol–water partition coefficient (Wildman–Crippen LogP) is -0.0158. The molecule has 1 aliphatic heterocycles. The summed E-state index contributed by atoms with van der Waals surface area (Å²) in [7, 11) is 0. The first-order chi connectivity index (χ1) is 3.93. The number of hydrazone groups is 1. The summed E-state index contributed by atoms with van der Waals surface area (Å²) in [6, 6.07) is 0. The predicted molar refractivity (Wildman–Crippen MR) is 33.5 cm³/mol. The first-order valence-electron chi connectivity index (χ1n) is 2.91. The van der Waals surface area contributed by atoms with Gasteiger partial charge in [-0.05, 0) is 12.8 Å². The number of nitrogens with two attached hydrogens (primary N) is 1. The van der Waals surface area contributed by atoms with Crippen LogP contribution in [0.1, 0.15) is 12.8 Å². The molecule has 1 fully saturated rings. The number of hydrogen-bond acceptors (Lipinski definition) is 2. The van der Waals surface area contributed by atoms with Crippen molar-refractivity contribution in [2.24, 2.45) is 10.9 Å². The number of rotatable bonds is 1. The van der Waals surface area contributed by atoms with Crippen molar-refractivity contribution < 1.29 is 0 Å². The molecule has 1 saturated heterocycles. The molecule has 2 N–H and O–H groups in total. The quantitative estimate of drug-likeness (QED) is 0.225. The standard InChI is InChI=1S/C5H11N3/c6-7-5-8-3-1-2-4-8/h5H,1-4,6H2/b7-5-. The Balaban J connectivity index is 2.24. The molecular weight excluding hydrogens is 102 g/mol. The summed E-state index contributed by atoms with van der Waals surface area (Å²) in [5.41, 5.74) is 0. The van der Waals surface area contributed by atoms with Crippen molar-refractivity contribution in [2.45, 2.75) is 12.8 Å². The van der Waals surface area contributed by atoms with Gasteiger partial charge in [-0.25, -0.2) is 0 Å². The van der Waals surface area contributed by atoms with E-state index in [1.807, 2.05) is 0 Å². The molecule has 0 aromatic heterocycles. The van der Waals surface area contributed by atoms with Crippen LogP contribution in [0.3, 0.4) is 0 Å². The summed E-state index contributed by atoms with van der Waals surface area (Å²) >= 11 is 0. The minimum atomic E-state index is 1.13. The molecule has 0 aromatic carbocycles. The fourth-order valence-electron chi connectivity index (χ4n) is 0.951. The number of nitrogens with zero attached hydrogens (tertiary/aromatic N) is 2. The van der Waals surface area contributed by atoms with Gasteiger partial charge in [0.05, 0.1) is 0 Å². The van der Waals surface area contributed by atoms with Crippen molar-refractivity contribution in [3.05, 3.63) is 0 Å². The van der Waals surface area contributed by atoms with E-state index in [1.54, 1.807) is 6.34 Å². The zero-order valence-electron chi connectivity index (χ0n) is 4.88. The molecule has 1 aliphatic rings. The minimum Gasteiger partial charge on any atom is -0.361 e. The highest BCUT2D eigenvalue weighted by Crippen LogP contribution is 2.03. The summed E-state index contributed by atoms with van der Waals surface area (Å²) < 4.78 is 0. The Morgan fingerprint density at radius 1 is 1.38 bits per heavy atom. The second kappa shape index (κ2) is 2.55. The lowest BCUT2D eigenvalue weighted by atomic mass is 10.4. The highest BCUT2D eigenvalue weighted by Gasteiger charge is 2.05. The van der Waals surface area contributed by atoms with Crippen molar-refractivity contribution in [1.29, 1.82) is 0 Å². The second-order valence-electron chi connectivity index (χ2n) is 2.01. The van der Waals surface area contributed by atoms with Crippen molar-refractivity contribution in [1.82, 2.24) is 4.90 Å². The van der Waals surface area contributed by atoms with Gasteiger partial charge in [-0.2, -0.15) is 5.10 Å². The highest BCUT2D eigenvalue weighted by molar-refractivity contribution is 5.54. The smallest absolute Gasteiger partial charge is 0.111 e. The van der Waals surface area contributed by atoms with E-state index in [-0.39, 0.29) is 0 Å². The Hall–Kier alpha value is -0.730. The van der Waals surface area contributed by atoms with E-state index < -0.39 is 0 Å². The summed E-state index contributed by atoms with van der Waals surface area (Å²) in [6.07, 6.45) is 4.27. The lowest BCUT2D eigenvalue weighted by Crippen LogP contribution is -2.17. The molecule has 46 valence electrons. The Morgan fingerprint density at radius 3 is 2.50 bits per heavy atom. The zero-order chi connectivity index (χ0) is 5.82. The largest absolute Gasteiger partial charge is 0.361 e. The molecule has 0 spiro atoms. The monoisotopic (exact) mass is 113 g/mol. The summed E-state index contributed by atoms with van der Waals surface area (Å²) in [5.74, 6) is 4.94. The molecule has 3 heteroatoms. The van der Waals surface area contributed by atoms with Crippen molar-refractivity contribution >= 4 is 6.34 Å². The van der Waals surface area contributed by atoms with Crippen LogP contribution in [-0.4, -0.2) is 24.3 Å². The lowest BCUT2D eigenvalue weighted by molar-refractivity contribution is 0.534. The molecule has 0 bridgehead atoms. The van der Waals surface area contributed by atoms with Gasteiger partial charge >= 0.3 is 0 Å². The van der Waals surface area contributed by atoms with Gasteiger partial charge in [-0.15, -0.1) is 0 Å². The average molecular weight is 113 g/mol. The number of likely N-dealkylation sites (tertiary alicyclic amines) is 1. The first-order valence-corrected chi connectivity index (χ1v) is 2.91. The lowest BCUT2D eigenvalue weighted by Gasteiger charge is -2.06. The van der Waals surface area contributed by atoms with Crippen LogP contribution < -0.4 is 5.84 Å². The van der Waals surface area contributed by atoms with E-state index in [0.717, 1.165) is 13.1 Å². The molecule has 1 heterocycles. The van der Waals surface area contributed by atoms with Crippen LogP contribution in [0.15, 0.2) is 5.10 Å². The minimum absolute atomic E-state index is 1.13. The van der Waals surface area contributed by atoms with E-state index in [0.29, 0.717) is 0 Å². The van der Waals surface area contributed by atoms with Crippen molar-refractivity contribution in [3.63, 3.8) is 0 Å². The molecule has 0 saturated carbocycles. The van der Waals surface area contributed by atoms with Crippen LogP contribution in [0.4, 0.5) is 0 Å². The summed E-state index contributed by atoms with van der Waals surface area (Å²) in [6.45, 7) is 2.25. The average Bonchev–Trinajstić information content (AvgIpc) is 2.19. The molecule has 1 rings (SSSR count). The normalized spacial score (nSPS) is 20.8. The van der Waals surface area contributed by atoms with Gasteiger partial charge in [0, 0.05) is 13.1 Å². The topological polar surface area (TPSA) is 41.6 Å². The van der Waals surface area contributed by atoms with E-state index in [4.69, 9.17) is 5.84 Å². The van der Waals surface area contributed by atoms with Gasteiger partial charge in [-0.1, -0.05) is 0 Å². The maximum Gasteiger partial charge on any atom is 0.111 e. The molecule has 3 nitrogen and oxygen atoms in total. The number of hydrogen-bond donors (Lipinski definition) is 1. The van der Waals surface area contributed by atoms with Gasteiger partial charge in [0.15, 0.2) is 0 Å². The molecule has 0 atom stereocenters. The third-order valence-corrected chi connectivity index (χ3v) is 1.37. The molecule has 0 unspecified atom stereocenters. The zero-order valence-corrected chi connectivity index (χ0v) is 4.88. The third-order valence-electron chi connectivity index (χ3n) is 1.37. The van der Waals surface area contributed by atoms with Crippen LogP contribution in [-0.2, 0) is 0 Å². The Kier molecular flexibility index (Phi) is 1.72. The van der Waals surface area contributed by atoms with E-state index >= 15 is 0 Å². The fraction of sp³-hybridized carbons (Fsp3) is 0.800. The summed E-state index contributed by atoms with van der Waals surface area (Å²) in [4.78, 5) is 2.12. The molecule has 0 aromatic rings. The van der Waals surface area contributed by atoms with Crippen LogP contribution in [0.2, 0.25) is 0 Å². The van der Waals surface area contributed by atoms with E-state index in [1.165, 1.54) is 12.8 Å². The van der Waals surface area contributed by atoms with Gasteiger partial charge in [0.1, 0.15) is 6.34 Å². The Bertz CT molecular complexity index is 83.7. The van der Waals surface area contributed by atoms with Gasteiger partial charge < -0.3 is 10.7 Å². The molecule has 0 aliphatic carbocycles. The molecule has 0 radical (unpaired) electrons. The second-order valence-corrected chi connectivity index (χ2v) is 2.01. The van der Waals surface area contributed by atoms with E-state index in [2.05, 4.69) is 10.0 Å². The van der Waals surface area contributed by atoms with Gasteiger partial charge in [0.25, 0.3) is 0 Å². The molecule has 8 heavy (non-hydrogen) atoms. The van der Waals surface area contributed by atoms with Crippen LogP contribution in [0.25, 0.3) is 0 Å². The van der Waals surface area contributed by atoms with Crippen molar-refractivity contribution in [3.8, 4) is 0 Å². The van der Waals surface area contributed by atoms with Gasteiger partial charge in [0.2, 0.25) is 0 Å². The van der Waals surface area contributed by atoms with E-state index in [9.17, 15) is 0 Å². The molecule has 0 amide bonds. The maximum absolute atomic E-state index is 4.94. The molecular formula is C5H11N3. The maximum atomic E-state index is 4.94. The van der Waals surface area contributed by atoms with Crippen LogP contribution in [0.5, 0.6) is 0 Å². The van der Waals surface area contributed by atoms with Crippen LogP contribution >= 0.6 is 0 Å². The third kappa shape index (κ3) is 1.12. The first kappa shape index (κ1) is 5.41. The fourth-order valence-corrected chi connectivity index (χ4v) is 0.951.